The van der Waals surface area contributed by atoms with Gasteiger partial charge < -0.3 is 9.64 Å². The lowest BCUT2D eigenvalue weighted by atomic mass is 10.1. The van der Waals surface area contributed by atoms with Gasteiger partial charge >= 0.3 is 0 Å². The predicted molar refractivity (Wildman–Crippen MR) is 59.6 cm³/mol. The molecule has 0 saturated heterocycles. The number of rotatable bonds is 4. The average Bonchev–Trinajstić information content (AvgIpc) is 2.25. The summed E-state index contributed by atoms with van der Waals surface area (Å²) < 4.78 is 18.3. The fourth-order valence-corrected chi connectivity index (χ4v) is 1.37. The van der Waals surface area contributed by atoms with Crippen LogP contribution in [0.1, 0.15) is 24.2 Å². The molecular formula is C12H16FNO2. The van der Waals surface area contributed by atoms with Gasteiger partial charge in [-0.05, 0) is 26.0 Å². The van der Waals surface area contributed by atoms with Crippen LogP contribution in [-0.2, 0) is 4.74 Å². The second-order valence-electron chi connectivity index (χ2n) is 3.77. The summed E-state index contributed by atoms with van der Waals surface area (Å²) in [5.74, 6) is -0.857. The number of amides is 1. The van der Waals surface area contributed by atoms with Crippen LogP contribution in [0.5, 0.6) is 0 Å². The largest absolute Gasteiger partial charge is 0.364 e. The standard InChI is InChI=1S/C12H16FNO2/c1-9(2)14(8-16-3)12(15)10-6-4-5-7-11(10)13/h4-7,9H,8H2,1-3H3. The third-order valence-electron chi connectivity index (χ3n) is 2.26. The minimum Gasteiger partial charge on any atom is -0.364 e. The normalized spacial score (nSPS) is 10.6. The topological polar surface area (TPSA) is 29.5 Å². The number of carbonyl (C=O) groups is 1. The molecule has 3 nitrogen and oxygen atoms in total. The summed E-state index contributed by atoms with van der Waals surface area (Å²) in [7, 11) is 1.50. The van der Waals surface area contributed by atoms with Crippen molar-refractivity contribution in [2.24, 2.45) is 0 Å². The summed E-state index contributed by atoms with van der Waals surface area (Å²) in [5, 5.41) is 0. The lowest BCUT2D eigenvalue weighted by molar-refractivity contribution is 0.0308. The third kappa shape index (κ3) is 2.79. The van der Waals surface area contributed by atoms with Gasteiger partial charge in [-0.3, -0.25) is 4.79 Å². The van der Waals surface area contributed by atoms with E-state index in [-0.39, 0.29) is 24.2 Å². The predicted octanol–water partition coefficient (Wildman–Crippen LogP) is 2.28. The molecule has 0 N–H and O–H groups in total. The molecule has 0 bridgehead atoms. The summed E-state index contributed by atoms with van der Waals surface area (Å²) in [6, 6.07) is 5.91. The first-order valence-corrected chi connectivity index (χ1v) is 5.12. The molecule has 0 spiro atoms. The molecule has 0 heterocycles. The monoisotopic (exact) mass is 225 g/mol. The zero-order chi connectivity index (χ0) is 12.1. The number of benzene rings is 1. The Morgan fingerprint density at radius 2 is 2.06 bits per heavy atom. The van der Waals surface area contributed by atoms with Crippen LogP contribution < -0.4 is 0 Å². The maximum atomic E-state index is 13.4. The lowest BCUT2D eigenvalue weighted by Crippen LogP contribution is -2.38. The Morgan fingerprint density at radius 1 is 1.44 bits per heavy atom. The highest BCUT2D eigenvalue weighted by Gasteiger charge is 2.20. The molecule has 0 aliphatic heterocycles. The van der Waals surface area contributed by atoms with Crippen molar-refractivity contribution in [1.29, 1.82) is 0 Å². The summed E-state index contributed by atoms with van der Waals surface area (Å²) in [6.45, 7) is 3.88. The van der Waals surface area contributed by atoms with Crippen LogP contribution in [0.25, 0.3) is 0 Å². The van der Waals surface area contributed by atoms with Crippen LogP contribution >= 0.6 is 0 Å². The molecule has 0 unspecified atom stereocenters. The Bertz CT molecular complexity index is 366. The second kappa shape index (κ2) is 5.61. The van der Waals surface area contributed by atoms with E-state index < -0.39 is 5.82 Å². The minimum atomic E-state index is -0.505. The summed E-state index contributed by atoms with van der Waals surface area (Å²) in [4.78, 5) is 13.5. The summed E-state index contributed by atoms with van der Waals surface area (Å²) >= 11 is 0. The first-order valence-electron chi connectivity index (χ1n) is 5.12. The highest BCUT2D eigenvalue weighted by Crippen LogP contribution is 2.12. The molecule has 88 valence electrons. The Kier molecular flexibility index (Phi) is 4.43. The van der Waals surface area contributed by atoms with Crippen LogP contribution in [0.3, 0.4) is 0 Å². The molecule has 0 fully saturated rings. The van der Waals surface area contributed by atoms with Crippen molar-refractivity contribution in [3.8, 4) is 0 Å². The molecule has 1 aromatic carbocycles. The molecule has 0 aliphatic rings. The van der Waals surface area contributed by atoms with E-state index in [2.05, 4.69) is 0 Å². The van der Waals surface area contributed by atoms with E-state index in [4.69, 9.17) is 4.74 Å². The van der Waals surface area contributed by atoms with Gasteiger partial charge in [0.1, 0.15) is 12.5 Å². The molecule has 0 saturated carbocycles. The number of carbonyl (C=O) groups excluding carboxylic acids is 1. The Labute approximate surface area is 94.8 Å². The van der Waals surface area contributed by atoms with Crippen LogP contribution in [0.2, 0.25) is 0 Å². The smallest absolute Gasteiger partial charge is 0.258 e. The van der Waals surface area contributed by atoms with Gasteiger partial charge in [0.05, 0.1) is 5.56 Å². The Hall–Kier alpha value is -1.42. The fourth-order valence-electron chi connectivity index (χ4n) is 1.37. The van der Waals surface area contributed by atoms with E-state index in [1.165, 1.54) is 24.1 Å². The highest BCUT2D eigenvalue weighted by atomic mass is 19.1. The van der Waals surface area contributed by atoms with Crippen LogP contribution in [0, 0.1) is 5.82 Å². The van der Waals surface area contributed by atoms with Gasteiger partial charge in [0.2, 0.25) is 0 Å². The van der Waals surface area contributed by atoms with E-state index in [1.807, 2.05) is 13.8 Å². The van der Waals surface area contributed by atoms with Gasteiger partial charge in [-0.15, -0.1) is 0 Å². The minimum absolute atomic E-state index is 0.0351. The zero-order valence-corrected chi connectivity index (χ0v) is 9.74. The van der Waals surface area contributed by atoms with E-state index in [0.29, 0.717) is 0 Å². The van der Waals surface area contributed by atoms with Crippen molar-refractivity contribution in [2.75, 3.05) is 13.8 Å². The lowest BCUT2D eigenvalue weighted by Gasteiger charge is -2.25. The zero-order valence-electron chi connectivity index (χ0n) is 9.74. The number of hydrogen-bond acceptors (Lipinski definition) is 2. The van der Waals surface area contributed by atoms with Crippen LogP contribution in [0.4, 0.5) is 4.39 Å². The van der Waals surface area contributed by atoms with E-state index in [9.17, 15) is 9.18 Å². The number of methoxy groups -OCH3 is 1. The Balaban J connectivity index is 2.95. The van der Waals surface area contributed by atoms with Gasteiger partial charge in [0.25, 0.3) is 5.91 Å². The van der Waals surface area contributed by atoms with Crippen LogP contribution in [0.15, 0.2) is 24.3 Å². The molecule has 0 aromatic heterocycles. The maximum Gasteiger partial charge on any atom is 0.258 e. The molecule has 4 heteroatoms. The highest BCUT2D eigenvalue weighted by molar-refractivity contribution is 5.94. The van der Waals surface area contributed by atoms with Crippen molar-refractivity contribution in [2.45, 2.75) is 19.9 Å². The summed E-state index contributed by atoms with van der Waals surface area (Å²) in [6.07, 6.45) is 0. The number of ether oxygens (including phenoxy) is 1. The van der Waals surface area contributed by atoms with Crippen molar-refractivity contribution < 1.29 is 13.9 Å². The first-order chi connectivity index (χ1) is 7.57. The van der Waals surface area contributed by atoms with Gasteiger partial charge in [-0.2, -0.15) is 0 Å². The van der Waals surface area contributed by atoms with E-state index in [1.54, 1.807) is 12.1 Å². The molecule has 16 heavy (non-hydrogen) atoms. The summed E-state index contributed by atoms with van der Waals surface area (Å²) in [5.41, 5.74) is 0.0771. The van der Waals surface area contributed by atoms with Crippen molar-refractivity contribution >= 4 is 5.91 Å². The number of nitrogens with zero attached hydrogens (tertiary/aromatic N) is 1. The first kappa shape index (κ1) is 12.6. The van der Waals surface area contributed by atoms with Gasteiger partial charge in [0, 0.05) is 13.2 Å². The molecule has 1 amide bonds. The average molecular weight is 225 g/mol. The fraction of sp³-hybridized carbons (Fsp3) is 0.417. The molecule has 0 radical (unpaired) electrons. The van der Waals surface area contributed by atoms with Gasteiger partial charge in [-0.25, -0.2) is 4.39 Å². The molecular weight excluding hydrogens is 209 g/mol. The second-order valence-corrected chi connectivity index (χ2v) is 3.77. The third-order valence-corrected chi connectivity index (χ3v) is 2.26. The van der Waals surface area contributed by atoms with Crippen LogP contribution in [-0.4, -0.2) is 30.7 Å². The van der Waals surface area contributed by atoms with Crippen molar-refractivity contribution in [3.63, 3.8) is 0 Å². The van der Waals surface area contributed by atoms with E-state index >= 15 is 0 Å². The SMILES string of the molecule is COCN(C(=O)c1ccccc1F)C(C)C. The quantitative estimate of drug-likeness (QED) is 0.736. The maximum absolute atomic E-state index is 13.4. The number of halogens is 1. The van der Waals surface area contributed by atoms with Crippen molar-refractivity contribution in [3.05, 3.63) is 35.6 Å². The molecule has 0 aliphatic carbocycles. The van der Waals surface area contributed by atoms with Crippen molar-refractivity contribution in [1.82, 2.24) is 4.90 Å². The molecule has 1 aromatic rings. The molecule has 0 atom stereocenters. The van der Waals surface area contributed by atoms with Gasteiger partial charge in [-0.1, -0.05) is 12.1 Å². The Morgan fingerprint density at radius 3 is 2.56 bits per heavy atom. The molecule has 1 rings (SSSR count). The van der Waals surface area contributed by atoms with Gasteiger partial charge in [0.15, 0.2) is 0 Å². The van der Waals surface area contributed by atoms with E-state index in [0.717, 1.165) is 0 Å². The number of hydrogen-bond donors (Lipinski definition) is 0.